The van der Waals surface area contributed by atoms with Gasteiger partial charge in [-0.3, -0.25) is 0 Å². The number of rotatable bonds is 3. The molecule has 0 saturated heterocycles. The highest BCUT2D eigenvalue weighted by Gasteiger charge is 2.44. The summed E-state index contributed by atoms with van der Waals surface area (Å²) in [5.74, 6) is 0. The summed E-state index contributed by atoms with van der Waals surface area (Å²) in [5.41, 5.74) is 13.0. The average molecular weight is 787 g/mol. The maximum absolute atomic E-state index is 10.3. The van der Waals surface area contributed by atoms with E-state index in [0.29, 0.717) is 33.6 Å². The second-order valence-corrected chi connectivity index (χ2v) is 15.8. The van der Waals surface area contributed by atoms with Crippen LogP contribution in [0.15, 0.2) is 168 Å². The van der Waals surface area contributed by atoms with E-state index in [2.05, 4.69) is 131 Å². The quantitative estimate of drug-likeness (QED) is 0.164. The van der Waals surface area contributed by atoms with E-state index in [0.717, 1.165) is 93.7 Å². The lowest BCUT2D eigenvalue weighted by Gasteiger charge is -2.44. The van der Waals surface area contributed by atoms with Crippen LogP contribution in [0.2, 0.25) is 0 Å². The molecule has 7 nitrogen and oxygen atoms in total. The Morgan fingerprint density at radius 3 is 1.34 bits per heavy atom. The van der Waals surface area contributed by atoms with Crippen LogP contribution >= 0.6 is 0 Å². The summed E-state index contributed by atoms with van der Waals surface area (Å²) in [6.07, 6.45) is 0. The van der Waals surface area contributed by atoms with Gasteiger partial charge in [-0.1, -0.05) is 84.9 Å². The molecule has 0 amide bonds. The van der Waals surface area contributed by atoms with E-state index in [1.165, 1.54) is 0 Å². The molecule has 0 saturated carbocycles. The molecule has 2 aliphatic heterocycles. The van der Waals surface area contributed by atoms with Gasteiger partial charge in [-0.05, 0) is 128 Å². The van der Waals surface area contributed by atoms with Crippen molar-refractivity contribution in [1.29, 1.82) is 21.0 Å². The van der Waals surface area contributed by atoms with Crippen LogP contribution in [-0.4, -0.2) is 6.71 Å². The van der Waals surface area contributed by atoms with Gasteiger partial charge in [0.2, 0.25) is 0 Å². The second-order valence-electron chi connectivity index (χ2n) is 15.8. The highest BCUT2D eigenvalue weighted by molar-refractivity contribution is 7.00. The van der Waals surface area contributed by atoms with Crippen molar-refractivity contribution in [2.45, 2.75) is 0 Å². The number of nitriles is 4. The van der Waals surface area contributed by atoms with Crippen molar-refractivity contribution in [3.05, 3.63) is 186 Å². The van der Waals surface area contributed by atoms with Crippen molar-refractivity contribution in [2.24, 2.45) is 0 Å². The molecular weight excluding hydrogens is 759 g/mol. The fourth-order valence-electron chi connectivity index (χ4n) is 9.74. The summed E-state index contributed by atoms with van der Waals surface area (Å²) in [6.45, 7) is -0.261. The van der Waals surface area contributed by atoms with Crippen LogP contribution in [0, 0.1) is 45.3 Å². The van der Waals surface area contributed by atoms with Gasteiger partial charge in [0.15, 0.2) is 0 Å². The summed E-state index contributed by atoms with van der Waals surface area (Å²) < 4.78 is 6.43. The van der Waals surface area contributed by atoms with Crippen molar-refractivity contribution in [3.8, 4) is 35.4 Å². The SMILES string of the molecule is N#Cc1cc(C#N)cc(N2c3cc4ccccc4cc3B3c4cc5ccccc5cc4N(c4cc(C#N)cc(C#N)c4)c4cc(-c5ccc6c(c5)oc5ccccc56)cc2c43)c1. The first-order valence-electron chi connectivity index (χ1n) is 20.2. The Hall–Kier alpha value is -9.08. The number of hydrogen-bond donors (Lipinski definition) is 0. The first kappa shape index (κ1) is 34.9. The van der Waals surface area contributed by atoms with Crippen LogP contribution in [0.4, 0.5) is 34.1 Å². The molecule has 0 bridgehead atoms. The summed E-state index contributed by atoms with van der Waals surface area (Å²) >= 11 is 0. The van der Waals surface area contributed by atoms with Crippen LogP contribution in [0.25, 0.3) is 54.6 Å². The smallest absolute Gasteiger partial charge is 0.252 e. The minimum atomic E-state index is -0.261. The van der Waals surface area contributed by atoms with Gasteiger partial charge in [0, 0.05) is 44.9 Å². The molecule has 0 spiro atoms. The predicted molar refractivity (Wildman–Crippen MR) is 247 cm³/mol. The Bertz CT molecular complexity index is 3550. The minimum absolute atomic E-state index is 0.261. The van der Waals surface area contributed by atoms with E-state index in [9.17, 15) is 21.0 Å². The number of hydrogen-bond acceptors (Lipinski definition) is 7. The van der Waals surface area contributed by atoms with Crippen LogP contribution in [0.3, 0.4) is 0 Å². The number of fused-ring (bicyclic) bond motifs is 9. The van der Waals surface area contributed by atoms with E-state index in [-0.39, 0.29) is 6.71 Å². The normalized spacial score (nSPS) is 12.4. The fraction of sp³-hybridized carbons (Fsp3) is 0. The van der Waals surface area contributed by atoms with Crippen LogP contribution in [0.5, 0.6) is 0 Å². The zero-order chi connectivity index (χ0) is 41.6. The van der Waals surface area contributed by atoms with Crippen molar-refractivity contribution in [1.82, 2.24) is 0 Å². The highest BCUT2D eigenvalue weighted by atomic mass is 16.3. The van der Waals surface area contributed by atoms with Gasteiger partial charge >= 0.3 is 0 Å². The summed E-state index contributed by atoms with van der Waals surface area (Å²) in [4.78, 5) is 4.39. The lowest BCUT2D eigenvalue weighted by atomic mass is 9.33. The van der Waals surface area contributed by atoms with Crippen molar-refractivity contribution < 1.29 is 4.42 Å². The topological polar surface area (TPSA) is 115 Å². The molecule has 0 aliphatic carbocycles. The Kier molecular flexibility index (Phi) is 7.45. The largest absolute Gasteiger partial charge is 0.456 e. The van der Waals surface area contributed by atoms with Gasteiger partial charge in [-0.2, -0.15) is 21.0 Å². The van der Waals surface area contributed by atoms with Gasteiger partial charge in [0.05, 0.1) is 46.5 Å². The molecule has 0 atom stereocenters. The van der Waals surface area contributed by atoms with E-state index in [1.54, 1.807) is 12.1 Å². The van der Waals surface area contributed by atoms with E-state index >= 15 is 0 Å². The molecule has 2 aliphatic rings. The van der Waals surface area contributed by atoms with Gasteiger partial charge in [0.1, 0.15) is 11.2 Å². The molecule has 9 aromatic carbocycles. The Balaban J connectivity index is 1.25. The molecule has 0 unspecified atom stereocenters. The molecule has 10 aromatic rings. The molecule has 3 heterocycles. The Morgan fingerprint density at radius 1 is 0.387 bits per heavy atom. The first-order chi connectivity index (χ1) is 30.5. The molecule has 1 aromatic heterocycles. The monoisotopic (exact) mass is 786 g/mol. The van der Waals surface area contributed by atoms with Gasteiger partial charge in [0.25, 0.3) is 6.71 Å². The summed E-state index contributed by atoms with van der Waals surface area (Å²) in [5, 5.41) is 47.5. The molecule has 12 rings (SSSR count). The molecule has 0 fully saturated rings. The Labute approximate surface area is 356 Å². The average Bonchev–Trinajstić information content (AvgIpc) is 3.70. The molecular formula is C54H27BN6O. The minimum Gasteiger partial charge on any atom is -0.456 e. The third kappa shape index (κ3) is 5.15. The molecule has 8 heteroatoms. The summed E-state index contributed by atoms with van der Waals surface area (Å²) in [6, 6.07) is 64.2. The zero-order valence-corrected chi connectivity index (χ0v) is 32.8. The highest BCUT2D eigenvalue weighted by Crippen LogP contribution is 2.48. The Morgan fingerprint density at radius 2 is 0.839 bits per heavy atom. The molecule has 62 heavy (non-hydrogen) atoms. The van der Waals surface area contributed by atoms with Crippen LogP contribution in [-0.2, 0) is 0 Å². The lowest BCUT2D eigenvalue weighted by molar-refractivity contribution is 0.669. The molecule has 0 radical (unpaired) electrons. The number of para-hydroxylation sites is 1. The molecule has 0 N–H and O–H groups in total. The van der Waals surface area contributed by atoms with Crippen molar-refractivity contribution in [2.75, 3.05) is 9.80 Å². The van der Waals surface area contributed by atoms with E-state index in [1.807, 2.05) is 54.6 Å². The van der Waals surface area contributed by atoms with Gasteiger partial charge in [-0.15, -0.1) is 0 Å². The maximum Gasteiger partial charge on any atom is 0.252 e. The predicted octanol–water partition coefficient (Wildman–Crippen LogP) is 11.1. The number of nitrogens with zero attached hydrogens (tertiary/aromatic N) is 6. The van der Waals surface area contributed by atoms with E-state index < -0.39 is 0 Å². The lowest BCUT2D eigenvalue weighted by Crippen LogP contribution is -2.61. The zero-order valence-electron chi connectivity index (χ0n) is 32.8. The summed E-state index contributed by atoms with van der Waals surface area (Å²) in [7, 11) is 0. The molecule has 282 valence electrons. The van der Waals surface area contributed by atoms with Crippen molar-refractivity contribution in [3.63, 3.8) is 0 Å². The maximum atomic E-state index is 10.3. The standard InChI is InChI=1S/C54H27BN6O/c56-28-32-15-33(29-57)18-42(17-32)60-48-23-38-9-3-1-7-36(38)21-46(48)55-47-22-37-8-2-4-10-39(37)24-49(47)61(43-19-34(30-58)16-35(20-43)31-59)51-26-41(25-50(60)54(51)55)40-13-14-45-44-11-5-6-12-52(44)62-53(45)27-40/h1-27H. The van der Waals surface area contributed by atoms with Gasteiger partial charge in [-0.25, -0.2) is 0 Å². The van der Waals surface area contributed by atoms with E-state index in [4.69, 9.17) is 4.42 Å². The van der Waals surface area contributed by atoms with Crippen molar-refractivity contribution >= 4 is 101 Å². The number of benzene rings is 9. The number of anilines is 6. The number of furan rings is 1. The second kappa shape index (κ2) is 13.2. The van der Waals surface area contributed by atoms with Crippen LogP contribution in [0.1, 0.15) is 22.3 Å². The third-order valence-electron chi connectivity index (χ3n) is 12.4. The third-order valence-corrected chi connectivity index (χ3v) is 12.4. The first-order valence-corrected chi connectivity index (χ1v) is 20.2. The van der Waals surface area contributed by atoms with Crippen LogP contribution < -0.4 is 26.2 Å². The fourth-order valence-corrected chi connectivity index (χ4v) is 9.74. The van der Waals surface area contributed by atoms with Gasteiger partial charge < -0.3 is 14.2 Å².